The second-order valence-electron chi connectivity index (χ2n) is 5.04. The van der Waals surface area contributed by atoms with E-state index in [2.05, 4.69) is 31.2 Å². The Morgan fingerprint density at radius 2 is 2.17 bits per heavy atom. The molecule has 1 aliphatic heterocycles. The number of ether oxygens (including phenoxy) is 1. The van der Waals surface area contributed by atoms with Gasteiger partial charge in [0.05, 0.1) is 17.1 Å². The van der Waals surface area contributed by atoms with Crippen molar-refractivity contribution in [2.24, 2.45) is 0 Å². The molecule has 1 aromatic carbocycles. The number of methoxy groups -OCH3 is 1. The highest BCUT2D eigenvalue weighted by atomic mass is 79.9. The molecular formula is C15H14BrN3O3S. The smallest absolute Gasteiger partial charge is 0.257 e. The number of hydrogen-bond acceptors (Lipinski definition) is 5. The number of thioether (sulfide) groups is 1. The van der Waals surface area contributed by atoms with Crippen LogP contribution in [0.25, 0.3) is 0 Å². The van der Waals surface area contributed by atoms with Crippen molar-refractivity contribution in [3.8, 4) is 5.75 Å². The molecule has 0 radical (unpaired) electrons. The summed E-state index contributed by atoms with van der Waals surface area (Å²) in [5, 5.41) is 3.17. The molecular weight excluding hydrogens is 382 g/mol. The van der Waals surface area contributed by atoms with E-state index in [1.807, 2.05) is 24.5 Å². The summed E-state index contributed by atoms with van der Waals surface area (Å²) in [5.74, 6) is 0.540. The van der Waals surface area contributed by atoms with Crippen molar-refractivity contribution in [1.29, 1.82) is 0 Å². The van der Waals surface area contributed by atoms with Crippen LogP contribution in [-0.4, -0.2) is 29.2 Å². The number of carbonyl (C=O) groups is 1. The van der Waals surface area contributed by atoms with Gasteiger partial charge < -0.3 is 15.0 Å². The average molecular weight is 396 g/mol. The summed E-state index contributed by atoms with van der Waals surface area (Å²) in [4.78, 5) is 31.5. The fourth-order valence-electron chi connectivity index (χ4n) is 2.63. The summed E-state index contributed by atoms with van der Waals surface area (Å²) in [6.45, 7) is 0. The molecule has 0 bridgehead atoms. The number of amides is 1. The van der Waals surface area contributed by atoms with Crippen LogP contribution in [0, 0.1) is 0 Å². The van der Waals surface area contributed by atoms with Gasteiger partial charge in [0, 0.05) is 12.3 Å². The van der Waals surface area contributed by atoms with E-state index < -0.39 is 0 Å². The van der Waals surface area contributed by atoms with Gasteiger partial charge in [0.25, 0.3) is 5.56 Å². The summed E-state index contributed by atoms with van der Waals surface area (Å²) in [6, 6.07) is 5.54. The quantitative estimate of drug-likeness (QED) is 0.616. The number of aromatic amines is 1. The molecule has 6 nitrogen and oxygen atoms in total. The standard InChI is InChI=1S/C15H14BrN3O3S/c1-22-10-4-3-7(5-9(10)16)8-6-11(20)17-13-12(8)14(21)19-15(18-13)23-2/h3-5,8H,6H2,1-2H3,(H2,17,18,19,20,21)/t8-/m0/s1. The maximum Gasteiger partial charge on any atom is 0.257 e. The van der Waals surface area contributed by atoms with Crippen molar-refractivity contribution in [1.82, 2.24) is 9.97 Å². The summed E-state index contributed by atoms with van der Waals surface area (Å²) in [7, 11) is 1.59. The van der Waals surface area contributed by atoms with Gasteiger partial charge in [0.15, 0.2) is 5.16 Å². The Morgan fingerprint density at radius 1 is 1.39 bits per heavy atom. The molecule has 0 saturated heterocycles. The third-order valence-corrected chi connectivity index (χ3v) is 4.90. The predicted molar refractivity (Wildman–Crippen MR) is 92.4 cm³/mol. The first-order valence-electron chi connectivity index (χ1n) is 6.85. The monoisotopic (exact) mass is 395 g/mol. The molecule has 0 fully saturated rings. The van der Waals surface area contributed by atoms with Gasteiger partial charge in [-0.1, -0.05) is 17.8 Å². The van der Waals surface area contributed by atoms with Gasteiger partial charge in [-0.2, -0.15) is 0 Å². The topological polar surface area (TPSA) is 84.1 Å². The number of nitrogens with one attached hydrogen (secondary N) is 2. The minimum atomic E-state index is -0.340. The first-order valence-corrected chi connectivity index (χ1v) is 8.86. The van der Waals surface area contributed by atoms with Crippen LogP contribution < -0.4 is 15.6 Å². The molecule has 0 unspecified atom stereocenters. The van der Waals surface area contributed by atoms with Gasteiger partial charge in [-0.05, 0) is 39.9 Å². The van der Waals surface area contributed by atoms with Gasteiger partial charge in [0.1, 0.15) is 11.6 Å². The molecule has 120 valence electrons. The van der Waals surface area contributed by atoms with Crippen molar-refractivity contribution in [3.05, 3.63) is 44.2 Å². The van der Waals surface area contributed by atoms with E-state index in [9.17, 15) is 9.59 Å². The lowest BCUT2D eigenvalue weighted by Crippen LogP contribution is -2.31. The van der Waals surface area contributed by atoms with E-state index in [0.29, 0.717) is 22.3 Å². The summed E-state index contributed by atoms with van der Waals surface area (Å²) < 4.78 is 6.00. The van der Waals surface area contributed by atoms with Crippen molar-refractivity contribution in [2.75, 3.05) is 18.7 Å². The van der Waals surface area contributed by atoms with Crippen molar-refractivity contribution in [3.63, 3.8) is 0 Å². The number of nitrogens with zero attached hydrogens (tertiary/aromatic N) is 1. The summed E-state index contributed by atoms with van der Waals surface area (Å²) in [5.41, 5.74) is 1.12. The second-order valence-corrected chi connectivity index (χ2v) is 6.69. The lowest BCUT2D eigenvalue weighted by Gasteiger charge is -2.24. The molecule has 3 rings (SSSR count). The van der Waals surface area contributed by atoms with E-state index in [0.717, 1.165) is 10.0 Å². The van der Waals surface area contributed by atoms with Crippen molar-refractivity contribution < 1.29 is 9.53 Å². The normalized spacial score (nSPS) is 16.7. The fraction of sp³-hybridized carbons (Fsp3) is 0.267. The van der Waals surface area contributed by atoms with E-state index in [1.165, 1.54) is 11.8 Å². The molecule has 2 aromatic rings. The largest absolute Gasteiger partial charge is 0.496 e. The number of anilines is 1. The summed E-state index contributed by atoms with van der Waals surface area (Å²) >= 11 is 4.76. The number of carbonyl (C=O) groups excluding carboxylic acids is 1. The highest BCUT2D eigenvalue weighted by Crippen LogP contribution is 2.37. The molecule has 23 heavy (non-hydrogen) atoms. The molecule has 2 heterocycles. The van der Waals surface area contributed by atoms with Gasteiger partial charge >= 0.3 is 0 Å². The van der Waals surface area contributed by atoms with Gasteiger partial charge in [-0.25, -0.2) is 4.98 Å². The number of benzene rings is 1. The van der Waals surface area contributed by atoms with Crippen LogP contribution in [0.3, 0.4) is 0 Å². The van der Waals surface area contributed by atoms with Gasteiger partial charge in [-0.3, -0.25) is 9.59 Å². The van der Waals surface area contributed by atoms with E-state index in [1.54, 1.807) is 7.11 Å². The molecule has 8 heteroatoms. The number of aromatic nitrogens is 2. The first kappa shape index (κ1) is 16.1. The van der Waals surface area contributed by atoms with Crippen molar-refractivity contribution in [2.45, 2.75) is 17.5 Å². The molecule has 1 amide bonds. The molecule has 2 N–H and O–H groups in total. The minimum Gasteiger partial charge on any atom is -0.496 e. The Kier molecular flexibility index (Phi) is 4.45. The molecule has 1 aromatic heterocycles. The van der Waals surface area contributed by atoms with Crippen LogP contribution in [0.5, 0.6) is 5.75 Å². The number of rotatable bonds is 3. The first-order chi connectivity index (χ1) is 11.0. The van der Waals surface area contributed by atoms with E-state index >= 15 is 0 Å². The second kappa shape index (κ2) is 6.37. The molecule has 0 aliphatic carbocycles. The van der Waals surface area contributed by atoms with Crippen LogP contribution in [0.1, 0.15) is 23.5 Å². The Balaban J connectivity index is 2.14. The number of fused-ring (bicyclic) bond motifs is 1. The highest BCUT2D eigenvalue weighted by Gasteiger charge is 2.31. The summed E-state index contributed by atoms with van der Waals surface area (Å²) in [6.07, 6.45) is 2.02. The number of hydrogen-bond donors (Lipinski definition) is 2. The lowest BCUT2D eigenvalue weighted by molar-refractivity contribution is -0.116. The minimum absolute atomic E-state index is 0.153. The lowest BCUT2D eigenvalue weighted by atomic mass is 9.87. The average Bonchev–Trinajstić information content (AvgIpc) is 2.53. The third kappa shape index (κ3) is 3.00. The Hall–Kier alpha value is -1.80. The van der Waals surface area contributed by atoms with E-state index in [-0.39, 0.29) is 23.8 Å². The van der Waals surface area contributed by atoms with Crippen molar-refractivity contribution >= 4 is 39.4 Å². The highest BCUT2D eigenvalue weighted by molar-refractivity contribution is 9.10. The maximum absolute atomic E-state index is 12.4. The van der Waals surface area contributed by atoms with Crippen LogP contribution in [0.2, 0.25) is 0 Å². The molecule has 0 spiro atoms. The molecule has 1 atom stereocenters. The van der Waals surface area contributed by atoms with Gasteiger partial charge in [-0.15, -0.1) is 0 Å². The Bertz CT molecular complexity index is 837. The third-order valence-electron chi connectivity index (χ3n) is 3.70. The van der Waals surface area contributed by atoms with Crippen LogP contribution >= 0.6 is 27.7 Å². The number of H-pyrrole nitrogens is 1. The zero-order valence-corrected chi connectivity index (χ0v) is 14.9. The predicted octanol–water partition coefficient (Wildman–Crippen LogP) is 2.74. The van der Waals surface area contributed by atoms with Crippen LogP contribution in [0.4, 0.5) is 5.82 Å². The Labute approximate surface area is 145 Å². The van der Waals surface area contributed by atoms with Crippen LogP contribution in [0.15, 0.2) is 32.6 Å². The zero-order valence-electron chi connectivity index (χ0n) is 12.5. The maximum atomic E-state index is 12.4. The zero-order chi connectivity index (χ0) is 16.6. The number of halogens is 1. The Morgan fingerprint density at radius 3 is 2.83 bits per heavy atom. The SMILES string of the molecule is COc1ccc([C@@H]2CC(=O)Nc3nc(SC)[nH]c(=O)c32)cc1Br. The van der Waals surface area contributed by atoms with Crippen LogP contribution in [-0.2, 0) is 4.79 Å². The molecule has 0 saturated carbocycles. The fourth-order valence-corrected chi connectivity index (χ4v) is 3.57. The molecule has 1 aliphatic rings. The van der Waals surface area contributed by atoms with E-state index in [4.69, 9.17) is 4.74 Å². The van der Waals surface area contributed by atoms with Gasteiger partial charge in [0.2, 0.25) is 5.91 Å².